The number of carbonyl (C=O) groups excluding carboxylic acids is 1. The van der Waals surface area contributed by atoms with Crippen LogP contribution < -0.4 is 5.32 Å². The van der Waals surface area contributed by atoms with E-state index in [0.717, 1.165) is 17.0 Å². The van der Waals surface area contributed by atoms with Crippen molar-refractivity contribution in [2.75, 3.05) is 5.32 Å². The van der Waals surface area contributed by atoms with E-state index in [0.29, 0.717) is 5.02 Å². The molecule has 2 aromatic rings. The summed E-state index contributed by atoms with van der Waals surface area (Å²) in [4.78, 5) is 13.4. The zero-order chi connectivity index (χ0) is 15.2. The number of hydrogen-bond acceptors (Lipinski definition) is 2. The molecule has 21 heavy (non-hydrogen) atoms. The third kappa shape index (κ3) is 4.80. The summed E-state index contributed by atoms with van der Waals surface area (Å²) in [6, 6.07) is 15.4. The Balaban J connectivity index is 2.01. The van der Waals surface area contributed by atoms with Crippen molar-refractivity contribution in [2.24, 2.45) is 0 Å². The van der Waals surface area contributed by atoms with Crippen molar-refractivity contribution in [1.29, 1.82) is 0 Å². The molecule has 110 valence electrons. The highest BCUT2D eigenvalue weighted by atomic mass is 35.5. The number of amides is 1. The molecule has 2 rings (SSSR count). The second kappa shape index (κ2) is 7.53. The normalized spacial score (nSPS) is 12.0. The van der Waals surface area contributed by atoms with Gasteiger partial charge in [-0.1, -0.05) is 36.2 Å². The van der Waals surface area contributed by atoms with Gasteiger partial charge in [0, 0.05) is 15.6 Å². The molecule has 2 nitrogen and oxygen atoms in total. The molecular formula is C17H18ClNOS. The average molecular weight is 320 g/mol. The smallest absolute Gasteiger partial charge is 0.237 e. The minimum atomic E-state index is -0.118. The first-order chi connectivity index (χ1) is 10.1. The zero-order valence-electron chi connectivity index (χ0n) is 12.1. The van der Waals surface area contributed by atoms with Crippen molar-refractivity contribution in [3.05, 3.63) is 59.1 Å². The van der Waals surface area contributed by atoms with Gasteiger partial charge in [0.05, 0.1) is 5.25 Å². The topological polar surface area (TPSA) is 29.1 Å². The van der Waals surface area contributed by atoms with Gasteiger partial charge in [0.1, 0.15) is 0 Å². The summed E-state index contributed by atoms with van der Waals surface area (Å²) in [6.07, 6.45) is 0.769. The first kappa shape index (κ1) is 15.9. The van der Waals surface area contributed by atoms with Crippen LogP contribution in [0.25, 0.3) is 0 Å². The van der Waals surface area contributed by atoms with Crippen LogP contribution in [0.2, 0.25) is 5.02 Å². The number of rotatable bonds is 5. The van der Waals surface area contributed by atoms with Gasteiger partial charge in [-0.25, -0.2) is 0 Å². The van der Waals surface area contributed by atoms with E-state index in [1.54, 1.807) is 11.8 Å². The number of halogens is 1. The molecule has 0 saturated heterocycles. The van der Waals surface area contributed by atoms with Gasteiger partial charge in [0.2, 0.25) is 5.91 Å². The Hall–Kier alpha value is -1.45. The van der Waals surface area contributed by atoms with Crippen molar-refractivity contribution in [1.82, 2.24) is 0 Å². The van der Waals surface area contributed by atoms with E-state index < -0.39 is 0 Å². The summed E-state index contributed by atoms with van der Waals surface area (Å²) in [5.74, 6) is 0.0290. The van der Waals surface area contributed by atoms with Crippen LogP contribution in [0, 0.1) is 6.92 Å². The second-order valence-corrected chi connectivity index (χ2v) is 6.54. The predicted octanol–water partition coefficient (Wildman–Crippen LogP) is 5.16. The van der Waals surface area contributed by atoms with Crippen LogP contribution in [0.1, 0.15) is 18.9 Å². The quantitative estimate of drug-likeness (QED) is 0.771. The highest BCUT2D eigenvalue weighted by Gasteiger charge is 2.17. The molecule has 0 aliphatic rings. The van der Waals surface area contributed by atoms with E-state index in [1.165, 1.54) is 5.56 Å². The molecule has 0 aliphatic carbocycles. The van der Waals surface area contributed by atoms with Crippen LogP contribution in [0.4, 0.5) is 5.69 Å². The van der Waals surface area contributed by atoms with Crippen molar-refractivity contribution < 1.29 is 4.79 Å². The average Bonchev–Trinajstić information content (AvgIpc) is 2.49. The maximum absolute atomic E-state index is 12.3. The maximum atomic E-state index is 12.3. The van der Waals surface area contributed by atoms with E-state index in [2.05, 4.69) is 5.32 Å². The lowest BCUT2D eigenvalue weighted by Crippen LogP contribution is -2.24. The molecule has 4 heteroatoms. The molecule has 0 saturated carbocycles. The first-order valence-corrected chi connectivity index (χ1v) is 8.14. The highest BCUT2D eigenvalue weighted by Crippen LogP contribution is 2.27. The molecule has 0 radical (unpaired) electrons. The Kier molecular flexibility index (Phi) is 5.71. The Morgan fingerprint density at radius 1 is 1.14 bits per heavy atom. The first-order valence-electron chi connectivity index (χ1n) is 6.88. The van der Waals surface area contributed by atoms with Crippen LogP contribution in [-0.4, -0.2) is 11.2 Å². The van der Waals surface area contributed by atoms with Crippen molar-refractivity contribution in [3.8, 4) is 0 Å². The molecule has 0 aliphatic heterocycles. The second-order valence-electron chi connectivity index (χ2n) is 4.82. The maximum Gasteiger partial charge on any atom is 0.237 e. The van der Waals surface area contributed by atoms with Gasteiger partial charge in [-0.05, 0) is 49.7 Å². The van der Waals surface area contributed by atoms with Crippen LogP contribution in [0.3, 0.4) is 0 Å². The molecule has 2 aromatic carbocycles. The van der Waals surface area contributed by atoms with E-state index in [-0.39, 0.29) is 11.2 Å². The summed E-state index contributed by atoms with van der Waals surface area (Å²) in [5, 5.41) is 3.55. The number of nitrogens with one attached hydrogen (secondary N) is 1. The molecule has 0 unspecified atom stereocenters. The fraction of sp³-hybridized carbons (Fsp3) is 0.235. The number of anilines is 1. The lowest BCUT2D eigenvalue weighted by Gasteiger charge is -2.15. The van der Waals surface area contributed by atoms with Crippen LogP contribution in [0.5, 0.6) is 0 Å². The Bertz CT molecular complexity index is 595. The molecule has 1 amide bonds. The zero-order valence-corrected chi connectivity index (χ0v) is 13.7. The molecule has 0 heterocycles. The lowest BCUT2D eigenvalue weighted by molar-refractivity contribution is -0.115. The number of thioether (sulfide) groups is 1. The number of benzene rings is 2. The van der Waals surface area contributed by atoms with Gasteiger partial charge < -0.3 is 5.32 Å². The summed E-state index contributed by atoms with van der Waals surface area (Å²) < 4.78 is 0. The van der Waals surface area contributed by atoms with E-state index >= 15 is 0 Å². The molecule has 1 atom stereocenters. The summed E-state index contributed by atoms with van der Waals surface area (Å²) in [6.45, 7) is 4.04. The van der Waals surface area contributed by atoms with Gasteiger partial charge in [-0.3, -0.25) is 4.79 Å². The largest absolute Gasteiger partial charge is 0.325 e. The number of hydrogen-bond donors (Lipinski definition) is 1. The third-order valence-corrected chi connectivity index (χ3v) is 4.70. The fourth-order valence-corrected chi connectivity index (χ4v) is 2.94. The number of carbonyl (C=O) groups is 1. The summed E-state index contributed by atoms with van der Waals surface area (Å²) in [7, 11) is 0. The van der Waals surface area contributed by atoms with E-state index in [1.807, 2.05) is 62.4 Å². The molecule has 0 bridgehead atoms. The van der Waals surface area contributed by atoms with Crippen LogP contribution >= 0.6 is 23.4 Å². The molecule has 1 N–H and O–H groups in total. The monoisotopic (exact) mass is 319 g/mol. The molecule has 0 fully saturated rings. The molecule has 0 aromatic heterocycles. The van der Waals surface area contributed by atoms with Crippen molar-refractivity contribution in [2.45, 2.75) is 30.4 Å². The minimum Gasteiger partial charge on any atom is -0.325 e. The molecule has 0 spiro atoms. The van der Waals surface area contributed by atoms with Crippen molar-refractivity contribution in [3.63, 3.8) is 0 Å². The van der Waals surface area contributed by atoms with E-state index in [4.69, 9.17) is 11.6 Å². The SMILES string of the molecule is CC[C@@H](Sc1ccc(Cl)cc1)C(=O)Nc1ccc(C)cc1. The number of aryl methyl sites for hydroxylation is 1. The van der Waals surface area contributed by atoms with Gasteiger partial charge in [-0.15, -0.1) is 11.8 Å². The van der Waals surface area contributed by atoms with E-state index in [9.17, 15) is 4.79 Å². The Morgan fingerprint density at radius 2 is 1.76 bits per heavy atom. The highest BCUT2D eigenvalue weighted by molar-refractivity contribution is 8.00. The fourth-order valence-electron chi connectivity index (χ4n) is 1.86. The van der Waals surface area contributed by atoms with Crippen LogP contribution in [-0.2, 0) is 4.79 Å². The van der Waals surface area contributed by atoms with Gasteiger partial charge >= 0.3 is 0 Å². The Labute approximate surface area is 134 Å². The van der Waals surface area contributed by atoms with Gasteiger partial charge in [-0.2, -0.15) is 0 Å². The van der Waals surface area contributed by atoms with Crippen molar-refractivity contribution >= 4 is 35.0 Å². The summed E-state index contributed by atoms with van der Waals surface area (Å²) >= 11 is 7.43. The standard InChI is InChI=1S/C17H18ClNOS/c1-3-16(21-15-10-6-13(18)7-11-15)17(20)19-14-8-4-12(2)5-9-14/h4-11,16H,3H2,1-2H3,(H,19,20)/t16-/m1/s1. The minimum absolute atomic E-state index is 0.0290. The molecular weight excluding hydrogens is 302 g/mol. The Morgan fingerprint density at radius 3 is 2.33 bits per heavy atom. The van der Waals surface area contributed by atoms with Gasteiger partial charge in [0.25, 0.3) is 0 Å². The predicted molar refractivity (Wildman–Crippen MR) is 91.2 cm³/mol. The van der Waals surface area contributed by atoms with Gasteiger partial charge in [0.15, 0.2) is 0 Å². The van der Waals surface area contributed by atoms with Crippen LogP contribution in [0.15, 0.2) is 53.4 Å². The lowest BCUT2D eigenvalue weighted by atomic mass is 10.2. The third-order valence-electron chi connectivity index (χ3n) is 3.07. The summed E-state index contributed by atoms with van der Waals surface area (Å²) in [5.41, 5.74) is 2.01.